The van der Waals surface area contributed by atoms with Crippen LogP contribution in [0.4, 0.5) is 11.4 Å². The first kappa shape index (κ1) is 22.1. The Bertz CT molecular complexity index is 786. The Morgan fingerprint density at radius 2 is 1.86 bits per heavy atom. The Morgan fingerprint density at radius 3 is 2.41 bits per heavy atom. The lowest BCUT2D eigenvalue weighted by Gasteiger charge is -2.30. The molecule has 2 rings (SSSR count). The van der Waals surface area contributed by atoms with E-state index < -0.39 is 17.5 Å². The molecule has 1 aromatic rings. The summed E-state index contributed by atoms with van der Waals surface area (Å²) in [4.78, 5) is 50.0. The molecule has 0 radical (unpaired) electrons. The Kier molecular flexibility index (Phi) is 7.52. The molecule has 1 heterocycles. The SMILES string of the molecule is CCOC(=O)C1CCN(C(=O)COC(=O)c2ccc(N(C)C)c([N+](=O)[O-])c2)CC1. The van der Waals surface area contributed by atoms with Crippen LogP contribution in [-0.4, -0.2) is 68.1 Å². The molecule has 0 atom stereocenters. The number of hydrogen-bond donors (Lipinski definition) is 0. The molecule has 10 heteroatoms. The third kappa shape index (κ3) is 5.66. The zero-order chi connectivity index (χ0) is 21.6. The van der Waals surface area contributed by atoms with Gasteiger partial charge < -0.3 is 19.3 Å². The molecule has 1 saturated heterocycles. The molecule has 1 fully saturated rings. The topological polar surface area (TPSA) is 119 Å². The summed E-state index contributed by atoms with van der Waals surface area (Å²) in [7, 11) is 3.31. The summed E-state index contributed by atoms with van der Waals surface area (Å²) >= 11 is 0. The van der Waals surface area contributed by atoms with E-state index in [-0.39, 0.29) is 29.0 Å². The number of amides is 1. The van der Waals surface area contributed by atoms with Crippen LogP contribution in [0.25, 0.3) is 0 Å². The van der Waals surface area contributed by atoms with Gasteiger partial charge in [0.05, 0.1) is 23.0 Å². The third-order valence-corrected chi connectivity index (χ3v) is 4.68. The minimum atomic E-state index is -0.812. The third-order valence-electron chi connectivity index (χ3n) is 4.68. The highest BCUT2D eigenvalue weighted by atomic mass is 16.6. The van der Waals surface area contributed by atoms with Crippen molar-refractivity contribution in [3.8, 4) is 0 Å². The number of ether oxygens (including phenoxy) is 2. The molecule has 0 spiro atoms. The Morgan fingerprint density at radius 1 is 1.21 bits per heavy atom. The number of anilines is 1. The van der Waals surface area contributed by atoms with Crippen LogP contribution in [0.1, 0.15) is 30.1 Å². The van der Waals surface area contributed by atoms with Gasteiger partial charge in [0.15, 0.2) is 6.61 Å². The standard InChI is InChI=1S/C19H25N3O7/c1-4-28-18(24)13-7-9-21(10-8-13)17(23)12-29-19(25)14-5-6-15(20(2)3)16(11-14)22(26)27/h5-6,11,13H,4,7-10,12H2,1-3H3. The lowest BCUT2D eigenvalue weighted by Crippen LogP contribution is -2.42. The van der Waals surface area contributed by atoms with Gasteiger partial charge >= 0.3 is 11.9 Å². The largest absolute Gasteiger partial charge is 0.466 e. The van der Waals surface area contributed by atoms with E-state index in [0.29, 0.717) is 38.2 Å². The number of nitro groups is 1. The predicted octanol–water partition coefficient (Wildman–Crippen LogP) is 1.62. The highest BCUT2D eigenvalue weighted by Gasteiger charge is 2.28. The maximum Gasteiger partial charge on any atom is 0.338 e. The highest BCUT2D eigenvalue weighted by Crippen LogP contribution is 2.28. The molecular formula is C19H25N3O7. The van der Waals surface area contributed by atoms with Crippen LogP contribution in [0, 0.1) is 16.0 Å². The number of carbonyl (C=O) groups is 3. The molecule has 1 aromatic carbocycles. The smallest absolute Gasteiger partial charge is 0.338 e. The van der Waals surface area contributed by atoms with Crippen LogP contribution in [0.2, 0.25) is 0 Å². The van der Waals surface area contributed by atoms with E-state index in [4.69, 9.17) is 9.47 Å². The molecule has 10 nitrogen and oxygen atoms in total. The predicted molar refractivity (Wildman–Crippen MR) is 104 cm³/mol. The Balaban J connectivity index is 1.91. The van der Waals surface area contributed by atoms with Crippen LogP contribution < -0.4 is 4.90 Å². The monoisotopic (exact) mass is 407 g/mol. The van der Waals surface area contributed by atoms with E-state index >= 15 is 0 Å². The number of hydrogen-bond acceptors (Lipinski definition) is 8. The first-order valence-corrected chi connectivity index (χ1v) is 9.31. The molecule has 0 bridgehead atoms. The van der Waals surface area contributed by atoms with Gasteiger partial charge in [-0.25, -0.2) is 4.79 Å². The normalized spacial score (nSPS) is 14.2. The summed E-state index contributed by atoms with van der Waals surface area (Å²) < 4.78 is 10.0. The van der Waals surface area contributed by atoms with Crippen molar-refractivity contribution in [1.82, 2.24) is 4.90 Å². The summed E-state index contributed by atoms with van der Waals surface area (Å²) in [5.41, 5.74) is 0.125. The summed E-state index contributed by atoms with van der Waals surface area (Å²) in [5, 5.41) is 11.2. The first-order chi connectivity index (χ1) is 13.7. The fraction of sp³-hybridized carbons (Fsp3) is 0.526. The van der Waals surface area contributed by atoms with Crippen molar-refractivity contribution in [2.24, 2.45) is 5.92 Å². The van der Waals surface area contributed by atoms with Crippen molar-refractivity contribution < 1.29 is 28.8 Å². The quantitative estimate of drug-likeness (QED) is 0.380. The number of rotatable bonds is 7. The van der Waals surface area contributed by atoms with Gasteiger partial charge in [0.2, 0.25) is 0 Å². The number of likely N-dealkylation sites (tertiary alicyclic amines) is 1. The first-order valence-electron chi connectivity index (χ1n) is 9.31. The number of nitrogens with zero attached hydrogens (tertiary/aromatic N) is 3. The Hall–Kier alpha value is -3.17. The van der Waals surface area contributed by atoms with E-state index in [1.54, 1.807) is 25.9 Å². The van der Waals surface area contributed by atoms with E-state index in [2.05, 4.69) is 0 Å². The number of esters is 2. The molecule has 1 amide bonds. The molecule has 0 aliphatic carbocycles. The van der Waals surface area contributed by atoms with Gasteiger partial charge in [0, 0.05) is 33.3 Å². The minimum absolute atomic E-state index is 0.00359. The van der Waals surface area contributed by atoms with Crippen LogP contribution in [-0.2, 0) is 19.1 Å². The molecule has 0 aromatic heterocycles. The van der Waals surface area contributed by atoms with Crippen molar-refractivity contribution in [3.05, 3.63) is 33.9 Å². The van der Waals surface area contributed by atoms with E-state index in [0.717, 1.165) is 6.07 Å². The fourth-order valence-electron chi connectivity index (χ4n) is 3.10. The summed E-state index contributed by atoms with van der Waals surface area (Å²) in [6, 6.07) is 4.00. The molecule has 1 aliphatic rings. The maximum atomic E-state index is 12.3. The second-order valence-corrected chi connectivity index (χ2v) is 6.84. The van der Waals surface area contributed by atoms with E-state index in [1.807, 2.05) is 0 Å². The van der Waals surface area contributed by atoms with Gasteiger partial charge in [-0.15, -0.1) is 0 Å². The Labute approximate surface area is 168 Å². The average Bonchev–Trinajstić information content (AvgIpc) is 2.71. The molecule has 1 aliphatic heterocycles. The number of nitro benzene ring substituents is 1. The summed E-state index contributed by atoms with van der Waals surface area (Å²) in [6.45, 7) is 2.35. The van der Waals surface area contributed by atoms with Crippen molar-refractivity contribution in [3.63, 3.8) is 0 Å². The van der Waals surface area contributed by atoms with Gasteiger partial charge in [0.25, 0.3) is 11.6 Å². The van der Waals surface area contributed by atoms with Crippen molar-refractivity contribution >= 4 is 29.2 Å². The molecule has 158 valence electrons. The molecule has 0 unspecified atom stereocenters. The average molecular weight is 407 g/mol. The lowest BCUT2D eigenvalue weighted by atomic mass is 9.97. The van der Waals surface area contributed by atoms with Crippen LogP contribution >= 0.6 is 0 Å². The highest BCUT2D eigenvalue weighted by molar-refractivity contribution is 5.93. The van der Waals surface area contributed by atoms with Crippen LogP contribution in [0.3, 0.4) is 0 Å². The van der Waals surface area contributed by atoms with Crippen LogP contribution in [0.15, 0.2) is 18.2 Å². The van der Waals surface area contributed by atoms with Gasteiger partial charge in [-0.3, -0.25) is 19.7 Å². The summed E-state index contributed by atoms with van der Waals surface area (Å²) in [6.07, 6.45) is 0.993. The van der Waals surface area contributed by atoms with E-state index in [9.17, 15) is 24.5 Å². The zero-order valence-electron chi connectivity index (χ0n) is 16.8. The van der Waals surface area contributed by atoms with Crippen molar-refractivity contribution in [2.45, 2.75) is 19.8 Å². The van der Waals surface area contributed by atoms with Gasteiger partial charge in [-0.1, -0.05) is 0 Å². The van der Waals surface area contributed by atoms with Gasteiger partial charge in [0.1, 0.15) is 5.69 Å². The molecular weight excluding hydrogens is 382 g/mol. The lowest BCUT2D eigenvalue weighted by molar-refractivity contribution is -0.384. The second kappa shape index (κ2) is 9.85. The second-order valence-electron chi connectivity index (χ2n) is 6.84. The summed E-state index contributed by atoms with van der Waals surface area (Å²) in [5.74, 6) is -1.67. The zero-order valence-corrected chi connectivity index (χ0v) is 16.8. The molecule has 0 saturated carbocycles. The fourth-order valence-corrected chi connectivity index (χ4v) is 3.10. The molecule has 29 heavy (non-hydrogen) atoms. The number of carbonyl (C=O) groups excluding carboxylic acids is 3. The van der Waals surface area contributed by atoms with Gasteiger partial charge in [-0.05, 0) is 31.9 Å². The number of piperidine rings is 1. The van der Waals surface area contributed by atoms with E-state index in [1.165, 1.54) is 17.0 Å². The van der Waals surface area contributed by atoms with Crippen molar-refractivity contribution in [2.75, 3.05) is 45.3 Å². The minimum Gasteiger partial charge on any atom is -0.466 e. The van der Waals surface area contributed by atoms with Gasteiger partial charge in [-0.2, -0.15) is 0 Å². The maximum absolute atomic E-state index is 12.3. The molecule has 0 N–H and O–H groups in total. The number of benzene rings is 1. The van der Waals surface area contributed by atoms with Crippen molar-refractivity contribution in [1.29, 1.82) is 0 Å². The van der Waals surface area contributed by atoms with Crippen LogP contribution in [0.5, 0.6) is 0 Å².